The van der Waals surface area contributed by atoms with Gasteiger partial charge in [-0.1, -0.05) is 0 Å². The summed E-state index contributed by atoms with van der Waals surface area (Å²) in [5.74, 6) is 0.748. The Morgan fingerprint density at radius 3 is 2.91 bits per heavy atom. The highest BCUT2D eigenvalue weighted by molar-refractivity contribution is 7.80. The molecular formula is C15H21N5OS2. The molecule has 0 unspecified atom stereocenters. The summed E-state index contributed by atoms with van der Waals surface area (Å²) in [5.41, 5.74) is 7.21. The topological polar surface area (TPSA) is 71.1 Å². The molecule has 2 aromatic heterocycles. The molecule has 1 aliphatic heterocycles. The van der Waals surface area contributed by atoms with Crippen LogP contribution in [0.5, 0.6) is 0 Å². The lowest BCUT2D eigenvalue weighted by atomic mass is 9.94. The Morgan fingerprint density at radius 1 is 1.39 bits per heavy atom. The second-order valence-corrected chi connectivity index (χ2v) is 8.00. The molecule has 3 rings (SSSR count). The number of thiophene rings is 1. The van der Waals surface area contributed by atoms with Crippen LogP contribution in [0, 0.1) is 0 Å². The van der Waals surface area contributed by atoms with Crippen LogP contribution in [-0.2, 0) is 17.8 Å². The van der Waals surface area contributed by atoms with Crippen molar-refractivity contribution < 1.29 is 4.74 Å². The van der Waals surface area contributed by atoms with E-state index >= 15 is 0 Å². The highest BCUT2D eigenvalue weighted by atomic mass is 32.1. The van der Waals surface area contributed by atoms with Crippen LogP contribution in [0.4, 0.5) is 5.82 Å². The zero-order valence-corrected chi connectivity index (χ0v) is 15.3. The van der Waals surface area contributed by atoms with E-state index in [0.29, 0.717) is 11.7 Å². The van der Waals surface area contributed by atoms with Crippen LogP contribution in [0.2, 0.25) is 0 Å². The summed E-state index contributed by atoms with van der Waals surface area (Å²) in [6.45, 7) is 8.92. The molecule has 0 saturated heterocycles. The van der Waals surface area contributed by atoms with E-state index in [9.17, 15) is 0 Å². The monoisotopic (exact) mass is 351 g/mol. The largest absolute Gasteiger partial charge is 0.370 e. The summed E-state index contributed by atoms with van der Waals surface area (Å²) in [6, 6.07) is 0.272. The number of nitrogens with one attached hydrogen (secondary N) is 3. The summed E-state index contributed by atoms with van der Waals surface area (Å²) in [4.78, 5) is 11.0. The molecule has 0 saturated carbocycles. The molecule has 6 nitrogen and oxygen atoms in total. The van der Waals surface area contributed by atoms with E-state index < -0.39 is 0 Å². The number of rotatable bonds is 3. The Balaban J connectivity index is 1.89. The highest BCUT2D eigenvalue weighted by Crippen LogP contribution is 2.40. The Hall–Kier alpha value is -1.51. The fraction of sp³-hybridized carbons (Fsp3) is 0.533. The molecule has 0 spiro atoms. The summed E-state index contributed by atoms with van der Waals surface area (Å²) in [7, 11) is 0. The maximum Gasteiger partial charge on any atom is 0.185 e. The minimum absolute atomic E-state index is 0.171. The predicted octanol–water partition coefficient (Wildman–Crippen LogP) is 2.74. The highest BCUT2D eigenvalue weighted by Gasteiger charge is 2.30. The van der Waals surface area contributed by atoms with Crippen LogP contribution in [0.1, 0.15) is 38.1 Å². The molecule has 23 heavy (non-hydrogen) atoms. The number of fused-ring (bicyclic) bond motifs is 3. The van der Waals surface area contributed by atoms with Gasteiger partial charge in [0.1, 0.15) is 11.2 Å². The van der Waals surface area contributed by atoms with E-state index in [2.05, 4.69) is 40.0 Å². The average molecular weight is 352 g/mol. The van der Waals surface area contributed by atoms with Gasteiger partial charge < -0.3 is 10.1 Å². The average Bonchev–Trinajstić information content (AvgIpc) is 2.81. The maximum atomic E-state index is 5.90. The Kier molecular flexibility index (Phi) is 4.39. The predicted molar refractivity (Wildman–Crippen MR) is 97.6 cm³/mol. The Bertz CT molecular complexity index is 741. The number of hydrogen-bond donors (Lipinski definition) is 3. The minimum atomic E-state index is -0.171. The van der Waals surface area contributed by atoms with Crippen molar-refractivity contribution in [1.29, 1.82) is 0 Å². The Morgan fingerprint density at radius 2 is 2.17 bits per heavy atom. The molecule has 2 aromatic rings. The molecule has 8 heteroatoms. The second-order valence-electron chi connectivity index (χ2n) is 6.51. The molecule has 0 fully saturated rings. The third-order valence-corrected chi connectivity index (χ3v) is 4.91. The van der Waals surface area contributed by atoms with E-state index in [4.69, 9.17) is 17.0 Å². The number of anilines is 1. The van der Waals surface area contributed by atoms with Crippen LogP contribution in [-0.4, -0.2) is 26.7 Å². The van der Waals surface area contributed by atoms with Crippen molar-refractivity contribution in [2.24, 2.45) is 0 Å². The third-order valence-electron chi connectivity index (χ3n) is 3.58. The van der Waals surface area contributed by atoms with Gasteiger partial charge >= 0.3 is 0 Å². The van der Waals surface area contributed by atoms with Crippen molar-refractivity contribution in [2.75, 3.05) is 5.43 Å². The smallest absolute Gasteiger partial charge is 0.185 e. The van der Waals surface area contributed by atoms with Crippen LogP contribution in [0.25, 0.3) is 10.2 Å². The fourth-order valence-corrected chi connectivity index (χ4v) is 3.94. The van der Waals surface area contributed by atoms with E-state index in [1.54, 1.807) is 17.7 Å². The van der Waals surface area contributed by atoms with Crippen molar-refractivity contribution in [2.45, 2.75) is 52.4 Å². The van der Waals surface area contributed by atoms with Crippen molar-refractivity contribution in [3.63, 3.8) is 0 Å². The summed E-state index contributed by atoms with van der Waals surface area (Å²) in [5, 5.41) is 4.73. The normalized spacial score (nSPS) is 16.2. The summed E-state index contributed by atoms with van der Waals surface area (Å²) in [6.07, 6.45) is 2.41. The van der Waals surface area contributed by atoms with Crippen LogP contribution < -0.4 is 16.2 Å². The molecule has 3 N–H and O–H groups in total. The molecule has 3 heterocycles. The molecule has 0 aromatic carbocycles. The van der Waals surface area contributed by atoms with E-state index in [1.807, 2.05) is 13.8 Å². The molecule has 0 bridgehead atoms. The molecule has 1 aliphatic rings. The van der Waals surface area contributed by atoms with Gasteiger partial charge in [-0.3, -0.25) is 10.9 Å². The molecule has 0 atom stereocenters. The van der Waals surface area contributed by atoms with Crippen molar-refractivity contribution >= 4 is 44.7 Å². The standard InChI is InChI=1S/C15H21N5OS2/c1-8(2)18-14(22)20-19-12-11-9-5-15(3,4)21-6-10(9)23-13(11)17-7-16-12/h7-8H,5-6H2,1-4H3,(H,16,17,19)(H2,18,20,22). The fourth-order valence-electron chi connectivity index (χ4n) is 2.59. The Labute approximate surface area is 145 Å². The second kappa shape index (κ2) is 6.18. The molecule has 0 amide bonds. The lowest BCUT2D eigenvalue weighted by Crippen LogP contribution is -2.42. The SMILES string of the molecule is CC(C)NC(=S)NNc1ncnc2sc3c(c12)CC(C)(C)OC3. The molecule has 124 valence electrons. The number of nitrogens with zero attached hydrogens (tertiary/aromatic N) is 2. The summed E-state index contributed by atoms with van der Waals surface area (Å²) < 4.78 is 5.90. The van der Waals surface area contributed by atoms with Gasteiger partial charge in [-0.15, -0.1) is 11.3 Å². The van der Waals surface area contributed by atoms with Gasteiger partial charge in [0.2, 0.25) is 0 Å². The quantitative estimate of drug-likeness (QED) is 0.580. The molecular weight excluding hydrogens is 330 g/mol. The first-order valence-corrected chi connectivity index (χ1v) is 8.80. The van der Waals surface area contributed by atoms with E-state index in [0.717, 1.165) is 22.5 Å². The number of aromatic nitrogens is 2. The van der Waals surface area contributed by atoms with Gasteiger partial charge in [0.25, 0.3) is 0 Å². The molecule has 0 aliphatic carbocycles. The first kappa shape index (κ1) is 16.4. The first-order chi connectivity index (χ1) is 10.9. The van der Waals surface area contributed by atoms with E-state index in [-0.39, 0.29) is 11.6 Å². The van der Waals surface area contributed by atoms with Gasteiger partial charge in [0, 0.05) is 17.3 Å². The zero-order valence-electron chi connectivity index (χ0n) is 13.7. The van der Waals surface area contributed by atoms with Gasteiger partial charge in [0.15, 0.2) is 10.9 Å². The zero-order chi connectivity index (χ0) is 16.6. The van der Waals surface area contributed by atoms with Crippen molar-refractivity contribution in [1.82, 2.24) is 20.7 Å². The molecule has 0 radical (unpaired) electrons. The minimum Gasteiger partial charge on any atom is -0.370 e. The van der Waals surface area contributed by atoms with Crippen molar-refractivity contribution in [3.05, 3.63) is 16.8 Å². The van der Waals surface area contributed by atoms with Gasteiger partial charge in [-0.05, 0) is 45.5 Å². The van der Waals surface area contributed by atoms with Crippen LogP contribution >= 0.6 is 23.6 Å². The van der Waals surface area contributed by atoms with Crippen molar-refractivity contribution in [3.8, 4) is 0 Å². The summed E-state index contributed by atoms with van der Waals surface area (Å²) >= 11 is 6.91. The lowest BCUT2D eigenvalue weighted by molar-refractivity contribution is -0.0379. The van der Waals surface area contributed by atoms with Gasteiger partial charge in [-0.25, -0.2) is 9.97 Å². The number of hydrazine groups is 1. The third kappa shape index (κ3) is 3.54. The first-order valence-electron chi connectivity index (χ1n) is 7.57. The number of thiocarbonyl (C=S) groups is 1. The maximum absolute atomic E-state index is 5.90. The number of ether oxygens (including phenoxy) is 1. The van der Waals surface area contributed by atoms with Gasteiger partial charge in [-0.2, -0.15) is 0 Å². The number of hydrogen-bond acceptors (Lipinski definition) is 6. The van der Waals surface area contributed by atoms with Gasteiger partial charge in [0.05, 0.1) is 17.6 Å². The van der Waals surface area contributed by atoms with Crippen LogP contribution in [0.3, 0.4) is 0 Å². The van der Waals surface area contributed by atoms with E-state index in [1.165, 1.54) is 10.4 Å². The lowest BCUT2D eigenvalue weighted by Gasteiger charge is -2.30. The van der Waals surface area contributed by atoms with Crippen LogP contribution in [0.15, 0.2) is 6.33 Å².